The lowest BCUT2D eigenvalue weighted by molar-refractivity contribution is 0.397. The largest absolute Gasteiger partial charge is 0.421 e. The first-order chi connectivity index (χ1) is 16.9. The molecule has 4 heterocycles. The highest BCUT2D eigenvalue weighted by atomic mass is 19.1. The number of nitrogens with zero attached hydrogens (tertiary/aromatic N) is 4. The molecule has 1 aliphatic carbocycles. The average Bonchev–Trinajstić information content (AvgIpc) is 3.44. The number of nitrogens with one attached hydrogen (secondary N) is 4. The Morgan fingerprint density at radius 1 is 1.06 bits per heavy atom. The summed E-state index contributed by atoms with van der Waals surface area (Å²) in [5, 5.41) is 14.8. The summed E-state index contributed by atoms with van der Waals surface area (Å²) in [5.74, 6) is 2.14. The topological polar surface area (TPSA) is 107 Å². The van der Waals surface area contributed by atoms with E-state index >= 15 is 4.39 Å². The highest BCUT2D eigenvalue weighted by molar-refractivity contribution is 5.82. The third-order valence-electron chi connectivity index (χ3n) is 6.48. The van der Waals surface area contributed by atoms with Gasteiger partial charge in [0.05, 0.1) is 0 Å². The first kappa shape index (κ1) is 21.8. The number of benzene rings is 1. The number of halogens is 1. The Kier molecular flexibility index (Phi) is 5.32. The fraction of sp³-hybridized carbons (Fsp3) is 0.400. The number of ether oxygens (including phenoxy) is 1. The molecule has 4 aromatic rings. The van der Waals surface area contributed by atoms with E-state index in [1.165, 1.54) is 12.8 Å². The van der Waals surface area contributed by atoms with Crippen molar-refractivity contribution < 1.29 is 9.13 Å². The summed E-state index contributed by atoms with van der Waals surface area (Å²) < 4.78 is 21.1. The molecule has 0 bridgehead atoms. The first-order valence-corrected chi connectivity index (χ1v) is 12.1. The molecule has 1 aromatic carbocycles. The quantitative estimate of drug-likeness (QED) is 0.319. The molecule has 0 amide bonds. The molecule has 0 radical (unpaired) electrons. The maximum atomic E-state index is 15.2. The molecule has 0 unspecified atom stereocenters. The van der Waals surface area contributed by atoms with E-state index in [0.717, 1.165) is 35.8 Å². The van der Waals surface area contributed by atoms with Crippen molar-refractivity contribution >= 4 is 28.4 Å². The van der Waals surface area contributed by atoms with Crippen LogP contribution < -0.4 is 20.3 Å². The molecule has 6 rings (SSSR count). The summed E-state index contributed by atoms with van der Waals surface area (Å²) in [4.78, 5) is 14.5. The Balaban J connectivity index is 1.34. The van der Waals surface area contributed by atoms with E-state index in [4.69, 9.17) is 4.74 Å². The van der Waals surface area contributed by atoms with Gasteiger partial charge in [-0.25, -0.2) is 4.39 Å². The van der Waals surface area contributed by atoms with Crippen molar-refractivity contribution in [3.05, 3.63) is 47.5 Å². The second-order valence-electron chi connectivity index (χ2n) is 9.77. The molecular weight excluding hydrogens is 447 g/mol. The van der Waals surface area contributed by atoms with E-state index < -0.39 is 5.82 Å². The molecule has 3 aromatic heterocycles. The van der Waals surface area contributed by atoms with Gasteiger partial charge in [-0.05, 0) is 51.8 Å². The van der Waals surface area contributed by atoms with Gasteiger partial charge in [0.15, 0.2) is 17.4 Å². The number of fused-ring (bicyclic) bond motifs is 1. The van der Waals surface area contributed by atoms with Crippen LogP contribution in [0, 0.1) is 12.7 Å². The van der Waals surface area contributed by atoms with Gasteiger partial charge < -0.3 is 25.3 Å². The summed E-state index contributed by atoms with van der Waals surface area (Å²) >= 11 is 0. The number of H-pyrrole nitrogens is 2. The van der Waals surface area contributed by atoms with E-state index in [0.29, 0.717) is 35.0 Å². The summed E-state index contributed by atoms with van der Waals surface area (Å²) in [7, 11) is 0. The van der Waals surface area contributed by atoms with Crippen LogP contribution in [0.1, 0.15) is 44.0 Å². The van der Waals surface area contributed by atoms with Gasteiger partial charge in [-0.2, -0.15) is 15.1 Å². The number of hydrogen-bond donors (Lipinski definition) is 4. The molecule has 2 atom stereocenters. The van der Waals surface area contributed by atoms with E-state index in [-0.39, 0.29) is 11.8 Å². The standard InChI is InChI=1S/C25H29FN8O/c1-13-8-17-18(28-13)6-7-20(24(17)26)35-25-30-21(29-22-9-19(32-33-22)16-4-5-16)10-23(31-25)34-11-14(2)27-15(3)12-34/h6-10,14-16,27-28H,4-5,11-12H2,1-3H3,(H2,29,30,31,32,33)/t14-,15+. The van der Waals surface area contributed by atoms with Gasteiger partial charge >= 0.3 is 6.01 Å². The molecule has 1 saturated heterocycles. The number of aryl methyl sites for hydroxylation is 1. The molecule has 1 saturated carbocycles. The SMILES string of the molecule is Cc1cc2c(F)c(Oc3nc(Nc4cc(C5CC5)[nH]n4)cc(N4C[C@@H](C)N[C@@H](C)C4)n3)ccc2[nH]1. The number of piperazine rings is 1. The molecule has 9 nitrogen and oxygen atoms in total. The predicted molar refractivity (Wildman–Crippen MR) is 133 cm³/mol. The smallest absolute Gasteiger partial charge is 0.326 e. The van der Waals surface area contributed by atoms with Crippen LogP contribution in [0.5, 0.6) is 11.8 Å². The van der Waals surface area contributed by atoms with E-state index in [9.17, 15) is 0 Å². The molecule has 0 spiro atoms. The molecule has 2 aliphatic rings. The minimum absolute atomic E-state index is 0.0762. The van der Waals surface area contributed by atoms with Crippen molar-refractivity contribution in [2.75, 3.05) is 23.3 Å². The van der Waals surface area contributed by atoms with Crippen LogP contribution in [0.4, 0.5) is 21.8 Å². The van der Waals surface area contributed by atoms with Gasteiger partial charge in [0.1, 0.15) is 11.6 Å². The minimum atomic E-state index is -0.443. The fourth-order valence-corrected chi connectivity index (χ4v) is 4.80. The Morgan fingerprint density at radius 3 is 2.63 bits per heavy atom. The number of anilines is 3. The predicted octanol–water partition coefficient (Wildman–Crippen LogP) is 4.73. The normalized spacial score (nSPS) is 20.4. The lowest BCUT2D eigenvalue weighted by Gasteiger charge is -2.37. The lowest BCUT2D eigenvalue weighted by atomic mass is 10.1. The first-order valence-electron chi connectivity index (χ1n) is 12.1. The van der Waals surface area contributed by atoms with Gasteiger partial charge in [0, 0.05) is 65.5 Å². The van der Waals surface area contributed by atoms with Crippen LogP contribution in [0.2, 0.25) is 0 Å². The number of hydrogen-bond acceptors (Lipinski definition) is 7. The fourth-order valence-electron chi connectivity index (χ4n) is 4.80. The minimum Gasteiger partial charge on any atom is -0.421 e. The molecule has 2 fully saturated rings. The zero-order valence-corrected chi connectivity index (χ0v) is 20.0. The molecule has 1 aliphatic heterocycles. The zero-order valence-electron chi connectivity index (χ0n) is 20.0. The summed E-state index contributed by atoms with van der Waals surface area (Å²) in [5.41, 5.74) is 2.73. The van der Waals surface area contributed by atoms with E-state index in [1.54, 1.807) is 18.2 Å². The van der Waals surface area contributed by atoms with Crippen LogP contribution in [-0.2, 0) is 0 Å². The second-order valence-corrected chi connectivity index (χ2v) is 9.77. The Morgan fingerprint density at radius 2 is 1.86 bits per heavy atom. The maximum absolute atomic E-state index is 15.2. The highest BCUT2D eigenvalue weighted by Crippen LogP contribution is 2.40. The van der Waals surface area contributed by atoms with Gasteiger partial charge in [-0.15, -0.1) is 0 Å². The Labute approximate surface area is 202 Å². The highest BCUT2D eigenvalue weighted by Gasteiger charge is 2.26. The molecule has 4 N–H and O–H groups in total. The van der Waals surface area contributed by atoms with Crippen LogP contribution in [0.25, 0.3) is 10.9 Å². The van der Waals surface area contributed by atoms with Crippen LogP contribution in [0.15, 0.2) is 30.3 Å². The van der Waals surface area contributed by atoms with Gasteiger partial charge in [0.2, 0.25) is 0 Å². The van der Waals surface area contributed by atoms with Crippen molar-refractivity contribution in [3.63, 3.8) is 0 Å². The molecule has 35 heavy (non-hydrogen) atoms. The Bertz CT molecular complexity index is 1370. The maximum Gasteiger partial charge on any atom is 0.326 e. The number of aromatic amines is 2. The van der Waals surface area contributed by atoms with Crippen LogP contribution >= 0.6 is 0 Å². The van der Waals surface area contributed by atoms with Crippen molar-refractivity contribution in [3.8, 4) is 11.8 Å². The van der Waals surface area contributed by atoms with E-state index in [2.05, 4.69) is 54.5 Å². The number of rotatable bonds is 6. The van der Waals surface area contributed by atoms with Gasteiger partial charge in [-0.1, -0.05) is 0 Å². The van der Waals surface area contributed by atoms with Gasteiger partial charge in [0.25, 0.3) is 0 Å². The lowest BCUT2D eigenvalue weighted by Crippen LogP contribution is -2.54. The Hall–Kier alpha value is -3.66. The van der Waals surface area contributed by atoms with Crippen molar-refractivity contribution in [1.82, 2.24) is 30.5 Å². The second kappa shape index (κ2) is 8.53. The third-order valence-corrected chi connectivity index (χ3v) is 6.48. The van der Waals surface area contributed by atoms with Gasteiger partial charge in [-0.3, -0.25) is 5.10 Å². The summed E-state index contributed by atoms with van der Waals surface area (Å²) in [6.07, 6.45) is 2.38. The molecule has 182 valence electrons. The van der Waals surface area contributed by atoms with E-state index in [1.807, 2.05) is 19.1 Å². The van der Waals surface area contributed by atoms with Crippen LogP contribution in [0.3, 0.4) is 0 Å². The number of aromatic nitrogens is 5. The third kappa shape index (κ3) is 4.53. The summed E-state index contributed by atoms with van der Waals surface area (Å²) in [6, 6.07) is 9.74. The van der Waals surface area contributed by atoms with Crippen molar-refractivity contribution in [2.24, 2.45) is 0 Å². The molecular formula is C25H29FN8O. The summed E-state index contributed by atoms with van der Waals surface area (Å²) in [6.45, 7) is 7.76. The van der Waals surface area contributed by atoms with Crippen molar-refractivity contribution in [2.45, 2.75) is 51.6 Å². The zero-order chi connectivity index (χ0) is 24.1. The van der Waals surface area contributed by atoms with Crippen LogP contribution in [-0.4, -0.2) is 50.3 Å². The van der Waals surface area contributed by atoms with Crippen molar-refractivity contribution in [1.29, 1.82) is 0 Å². The average molecular weight is 477 g/mol. The monoisotopic (exact) mass is 476 g/mol. The molecule has 10 heteroatoms.